The van der Waals surface area contributed by atoms with Crippen LogP contribution in [0.1, 0.15) is 23.6 Å². The van der Waals surface area contributed by atoms with Crippen molar-refractivity contribution in [2.24, 2.45) is 5.73 Å². The number of rotatable bonds is 5. The van der Waals surface area contributed by atoms with Gasteiger partial charge in [0, 0.05) is 6.54 Å². The fourth-order valence-electron chi connectivity index (χ4n) is 1.56. The minimum atomic E-state index is -4.50. The molecule has 0 bridgehead atoms. The van der Waals surface area contributed by atoms with Crippen LogP contribution in [0.25, 0.3) is 0 Å². The fourth-order valence-corrected chi connectivity index (χ4v) is 1.56. The first-order valence-corrected chi connectivity index (χ1v) is 6.03. The second kappa shape index (κ2) is 8.60. The van der Waals surface area contributed by atoms with Crippen molar-refractivity contribution in [3.8, 4) is 0 Å². The summed E-state index contributed by atoms with van der Waals surface area (Å²) >= 11 is 0. The maximum absolute atomic E-state index is 12.6. The Labute approximate surface area is 131 Å². The first-order valence-electron chi connectivity index (χ1n) is 6.03. The zero-order valence-corrected chi connectivity index (χ0v) is 12.5. The fraction of sp³-hybridized carbons (Fsp3) is 0.385. The molecule has 0 radical (unpaired) electrons. The highest BCUT2D eigenvalue weighted by Crippen LogP contribution is 2.30. The molecule has 1 aromatic rings. The number of amides is 1. The van der Waals surface area contributed by atoms with E-state index in [1.807, 2.05) is 0 Å². The number of carbonyl (C=O) groups excluding carboxylic acids is 2. The Morgan fingerprint density at radius 3 is 2.55 bits per heavy atom. The molecule has 0 saturated carbocycles. The number of hydrogen-bond acceptors (Lipinski definition) is 4. The van der Waals surface area contributed by atoms with Crippen LogP contribution < -0.4 is 11.1 Å². The summed E-state index contributed by atoms with van der Waals surface area (Å²) in [4.78, 5) is 22.6. The lowest BCUT2D eigenvalue weighted by Crippen LogP contribution is -2.35. The largest absolute Gasteiger partial charge is 0.469 e. The van der Waals surface area contributed by atoms with Gasteiger partial charge in [0.1, 0.15) is 6.04 Å². The van der Waals surface area contributed by atoms with Crippen molar-refractivity contribution in [2.75, 3.05) is 13.7 Å². The molecule has 1 unspecified atom stereocenters. The van der Waals surface area contributed by atoms with Crippen molar-refractivity contribution in [1.29, 1.82) is 0 Å². The van der Waals surface area contributed by atoms with Crippen LogP contribution in [0.3, 0.4) is 0 Å². The summed E-state index contributed by atoms with van der Waals surface area (Å²) in [5, 5.41) is 2.36. The van der Waals surface area contributed by atoms with Crippen molar-refractivity contribution in [3.05, 3.63) is 35.4 Å². The number of nitrogens with two attached hydrogens (primary N) is 1. The van der Waals surface area contributed by atoms with Gasteiger partial charge in [-0.25, -0.2) is 0 Å². The quantitative estimate of drug-likeness (QED) is 0.801. The number of esters is 1. The van der Waals surface area contributed by atoms with Gasteiger partial charge in [0.25, 0.3) is 0 Å². The lowest BCUT2D eigenvalue weighted by atomic mass is 10.0. The highest BCUT2D eigenvalue weighted by atomic mass is 35.5. The average Bonchev–Trinajstić information content (AvgIpc) is 2.45. The van der Waals surface area contributed by atoms with Gasteiger partial charge in [-0.1, -0.05) is 12.1 Å². The summed E-state index contributed by atoms with van der Waals surface area (Å²) in [7, 11) is 1.21. The normalized spacial score (nSPS) is 12.0. The Hall–Kier alpha value is -1.80. The van der Waals surface area contributed by atoms with E-state index in [1.165, 1.54) is 19.2 Å². The number of nitrogens with one attached hydrogen (secondary N) is 1. The summed E-state index contributed by atoms with van der Waals surface area (Å²) in [6.07, 6.45) is -4.55. The lowest BCUT2D eigenvalue weighted by Gasteiger charge is -2.14. The van der Waals surface area contributed by atoms with E-state index in [4.69, 9.17) is 5.73 Å². The minimum Gasteiger partial charge on any atom is -0.469 e. The van der Waals surface area contributed by atoms with Crippen LogP contribution in [0.2, 0.25) is 0 Å². The second-order valence-corrected chi connectivity index (χ2v) is 4.22. The van der Waals surface area contributed by atoms with Crippen molar-refractivity contribution in [1.82, 2.24) is 5.32 Å². The Bertz CT molecular complexity index is 523. The summed E-state index contributed by atoms with van der Waals surface area (Å²) < 4.78 is 42.1. The summed E-state index contributed by atoms with van der Waals surface area (Å²) in [5.74, 6) is -1.18. The number of ether oxygens (including phenoxy) is 1. The zero-order valence-electron chi connectivity index (χ0n) is 11.6. The topological polar surface area (TPSA) is 81.4 Å². The van der Waals surface area contributed by atoms with Crippen molar-refractivity contribution in [2.45, 2.75) is 18.6 Å². The number of halogens is 4. The van der Waals surface area contributed by atoms with Crippen molar-refractivity contribution >= 4 is 24.3 Å². The summed E-state index contributed by atoms with van der Waals surface area (Å²) in [6.45, 7) is -0.00182. The van der Waals surface area contributed by atoms with E-state index in [0.29, 0.717) is 0 Å². The van der Waals surface area contributed by atoms with Crippen molar-refractivity contribution < 1.29 is 27.5 Å². The molecule has 0 aliphatic heterocycles. The van der Waals surface area contributed by atoms with Crippen LogP contribution in [0.15, 0.2) is 24.3 Å². The number of hydrogen-bond donors (Lipinski definition) is 2. The molecule has 0 heterocycles. The molecule has 0 fully saturated rings. The third-order valence-corrected chi connectivity index (χ3v) is 2.71. The van der Waals surface area contributed by atoms with Crippen LogP contribution >= 0.6 is 12.4 Å². The molecule has 0 aromatic heterocycles. The lowest BCUT2D eigenvalue weighted by molar-refractivity contribution is -0.140. The van der Waals surface area contributed by atoms with Gasteiger partial charge < -0.3 is 15.8 Å². The molecule has 5 nitrogen and oxygen atoms in total. The predicted octanol–water partition coefficient (Wildman–Crippen LogP) is 1.81. The monoisotopic (exact) mass is 340 g/mol. The molecule has 0 aliphatic carbocycles. The van der Waals surface area contributed by atoms with E-state index in [0.717, 1.165) is 12.1 Å². The molecular weight excluding hydrogens is 325 g/mol. The molecule has 0 spiro atoms. The number of alkyl halides is 3. The van der Waals surface area contributed by atoms with E-state index in [2.05, 4.69) is 10.1 Å². The Morgan fingerprint density at radius 1 is 1.36 bits per heavy atom. The van der Waals surface area contributed by atoms with E-state index < -0.39 is 29.7 Å². The van der Waals surface area contributed by atoms with Gasteiger partial charge in [0.05, 0.1) is 19.1 Å². The molecular formula is C13H16ClF3N2O3. The molecule has 1 aromatic carbocycles. The molecule has 0 aliphatic rings. The average molecular weight is 341 g/mol. The Balaban J connectivity index is 0.00000441. The third kappa shape index (κ3) is 5.90. The van der Waals surface area contributed by atoms with Gasteiger partial charge in [-0.15, -0.1) is 12.4 Å². The van der Waals surface area contributed by atoms with E-state index >= 15 is 0 Å². The van der Waals surface area contributed by atoms with Crippen LogP contribution in [0.5, 0.6) is 0 Å². The van der Waals surface area contributed by atoms with Crippen LogP contribution in [0, 0.1) is 0 Å². The van der Waals surface area contributed by atoms with Crippen LogP contribution in [0.4, 0.5) is 13.2 Å². The van der Waals surface area contributed by atoms with E-state index in [-0.39, 0.29) is 30.9 Å². The Kier molecular flexibility index (Phi) is 7.89. The molecule has 1 amide bonds. The van der Waals surface area contributed by atoms with Gasteiger partial charge in [-0.3, -0.25) is 9.59 Å². The first-order chi connectivity index (χ1) is 9.75. The highest BCUT2D eigenvalue weighted by molar-refractivity contribution is 5.85. The molecule has 1 atom stereocenters. The Morgan fingerprint density at radius 2 is 2.00 bits per heavy atom. The molecule has 3 N–H and O–H groups in total. The van der Waals surface area contributed by atoms with Crippen LogP contribution in [-0.4, -0.2) is 25.5 Å². The van der Waals surface area contributed by atoms with Gasteiger partial charge in [0.2, 0.25) is 5.91 Å². The van der Waals surface area contributed by atoms with E-state index in [9.17, 15) is 22.8 Å². The molecule has 9 heteroatoms. The summed E-state index contributed by atoms with van der Waals surface area (Å²) in [6, 6.07) is 2.99. The SMILES string of the molecule is COC(=O)CCNC(=O)C(N)c1cccc(C(F)(F)F)c1.Cl. The maximum atomic E-state index is 12.6. The minimum absolute atomic E-state index is 0. The molecule has 0 saturated heterocycles. The third-order valence-electron chi connectivity index (χ3n) is 2.71. The van der Waals surface area contributed by atoms with E-state index in [1.54, 1.807) is 0 Å². The predicted molar refractivity (Wildman–Crippen MR) is 75.3 cm³/mol. The smallest absolute Gasteiger partial charge is 0.416 e. The summed E-state index contributed by atoms with van der Waals surface area (Å²) in [5.41, 5.74) is 4.77. The standard InChI is InChI=1S/C13H15F3N2O3.ClH/c1-21-10(19)5-6-18-12(20)11(17)8-3-2-4-9(7-8)13(14,15)16;/h2-4,7,11H,5-6,17H2,1H3,(H,18,20);1H. The molecule has 1 rings (SSSR count). The maximum Gasteiger partial charge on any atom is 0.416 e. The highest BCUT2D eigenvalue weighted by Gasteiger charge is 2.31. The number of benzene rings is 1. The van der Waals surface area contributed by atoms with Crippen molar-refractivity contribution in [3.63, 3.8) is 0 Å². The zero-order chi connectivity index (χ0) is 16.0. The first kappa shape index (κ1) is 20.2. The van der Waals surface area contributed by atoms with Gasteiger partial charge in [-0.2, -0.15) is 13.2 Å². The van der Waals surface area contributed by atoms with Gasteiger partial charge in [0.15, 0.2) is 0 Å². The molecule has 124 valence electrons. The number of carbonyl (C=O) groups is 2. The van der Waals surface area contributed by atoms with Crippen LogP contribution in [-0.2, 0) is 20.5 Å². The number of methoxy groups -OCH3 is 1. The van der Waals surface area contributed by atoms with Gasteiger partial charge >= 0.3 is 12.1 Å². The van der Waals surface area contributed by atoms with Gasteiger partial charge in [-0.05, 0) is 17.7 Å². The second-order valence-electron chi connectivity index (χ2n) is 4.22. The molecule has 22 heavy (non-hydrogen) atoms.